The molecule has 7 heteroatoms. The first-order valence-corrected chi connectivity index (χ1v) is 9.30. The van der Waals surface area contributed by atoms with Gasteiger partial charge in [-0.25, -0.2) is 21.6 Å². The highest BCUT2D eigenvalue weighted by Crippen LogP contribution is 2.15. The molecular weight excluding hydrogens is 286 g/mol. The van der Waals surface area contributed by atoms with Crippen LogP contribution >= 0.6 is 0 Å². The van der Waals surface area contributed by atoms with E-state index >= 15 is 0 Å². The van der Waals surface area contributed by atoms with Gasteiger partial charge in [0.1, 0.15) is 0 Å². The van der Waals surface area contributed by atoms with Crippen molar-refractivity contribution in [2.24, 2.45) is 5.92 Å². The van der Waals surface area contributed by atoms with Gasteiger partial charge in [-0.1, -0.05) is 19.9 Å². The average molecular weight is 305 g/mol. The Morgan fingerprint density at radius 1 is 1.11 bits per heavy atom. The largest absolute Gasteiger partial charge is 0.240 e. The van der Waals surface area contributed by atoms with E-state index in [4.69, 9.17) is 0 Å². The number of nitrogens with one attached hydrogen (secondary N) is 1. The van der Waals surface area contributed by atoms with Crippen LogP contribution in [-0.2, 0) is 19.9 Å². The van der Waals surface area contributed by atoms with Crippen molar-refractivity contribution in [2.75, 3.05) is 12.8 Å². The van der Waals surface area contributed by atoms with Crippen molar-refractivity contribution in [3.8, 4) is 0 Å². The summed E-state index contributed by atoms with van der Waals surface area (Å²) < 4.78 is 49.2. The van der Waals surface area contributed by atoms with E-state index in [9.17, 15) is 16.8 Å². The molecule has 0 amide bonds. The monoisotopic (exact) mass is 305 g/mol. The molecule has 1 aromatic rings. The summed E-state index contributed by atoms with van der Waals surface area (Å²) in [5.41, 5.74) is 0. The molecule has 0 spiro atoms. The molecule has 0 radical (unpaired) electrons. The van der Waals surface area contributed by atoms with Gasteiger partial charge in [-0.15, -0.1) is 0 Å². The van der Waals surface area contributed by atoms with E-state index in [0.29, 0.717) is 12.5 Å². The zero-order valence-electron chi connectivity index (χ0n) is 11.3. The average Bonchev–Trinajstić information content (AvgIpc) is 2.27. The van der Waals surface area contributed by atoms with Gasteiger partial charge in [0.05, 0.1) is 9.79 Å². The Kier molecular flexibility index (Phi) is 5.11. The van der Waals surface area contributed by atoms with E-state index in [-0.39, 0.29) is 9.79 Å². The Bertz CT molecular complexity index is 633. The van der Waals surface area contributed by atoms with Crippen LogP contribution in [-0.4, -0.2) is 29.6 Å². The lowest BCUT2D eigenvalue weighted by atomic mass is 10.1. The minimum absolute atomic E-state index is 0.000709. The molecule has 1 rings (SSSR count). The number of benzene rings is 1. The zero-order chi connectivity index (χ0) is 14.7. The predicted molar refractivity (Wildman–Crippen MR) is 74.2 cm³/mol. The number of sulfone groups is 1. The topological polar surface area (TPSA) is 80.3 Å². The van der Waals surface area contributed by atoms with Gasteiger partial charge in [0.25, 0.3) is 0 Å². The van der Waals surface area contributed by atoms with E-state index in [1.807, 2.05) is 13.8 Å². The van der Waals surface area contributed by atoms with Crippen LogP contribution in [0.2, 0.25) is 0 Å². The highest BCUT2D eigenvalue weighted by atomic mass is 32.2. The Labute approximate surface area is 115 Å². The van der Waals surface area contributed by atoms with Gasteiger partial charge in [-0.05, 0) is 30.5 Å². The Morgan fingerprint density at radius 2 is 1.68 bits per heavy atom. The summed E-state index contributed by atoms with van der Waals surface area (Å²) in [7, 11) is -7.06. The maximum absolute atomic E-state index is 12.0. The van der Waals surface area contributed by atoms with Crippen molar-refractivity contribution in [1.29, 1.82) is 0 Å². The number of hydrogen-bond acceptors (Lipinski definition) is 4. The second-order valence-electron chi connectivity index (χ2n) is 4.83. The summed E-state index contributed by atoms with van der Waals surface area (Å²) >= 11 is 0. The highest BCUT2D eigenvalue weighted by Gasteiger charge is 2.16. The molecule has 0 saturated heterocycles. The lowest BCUT2D eigenvalue weighted by Gasteiger charge is -2.09. The number of sulfonamides is 1. The van der Waals surface area contributed by atoms with Crippen molar-refractivity contribution in [1.82, 2.24) is 4.72 Å². The van der Waals surface area contributed by atoms with Crippen LogP contribution in [0.1, 0.15) is 20.3 Å². The molecule has 0 unspecified atom stereocenters. The van der Waals surface area contributed by atoms with Crippen LogP contribution in [0.5, 0.6) is 0 Å². The second-order valence-corrected chi connectivity index (χ2v) is 8.61. The van der Waals surface area contributed by atoms with Gasteiger partial charge >= 0.3 is 0 Å². The molecule has 19 heavy (non-hydrogen) atoms. The Balaban J connectivity index is 2.96. The lowest BCUT2D eigenvalue weighted by Crippen LogP contribution is -2.25. The highest BCUT2D eigenvalue weighted by molar-refractivity contribution is 7.91. The summed E-state index contributed by atoms with van der Waals surface area (Å²) in [6, 6.07) is 5.36. The van der Waals surface area contributed by atoms with Crippen molar-refractivity contribution in [3.63, 3.8) is 0 Å². The smallest absolute Gasteiger partial charge is 0.224 e. The predicted octanol–water partition coefficient (Wildman–Crippen LogP) is 1.41. The molecular formula is C12H19NO4S2. The minimum atomic E-state index is -3.65. The lowest BCUT2D eigenvalue weighted by molar-refractivity contribution is 0.551. The molecule has 0 bridgehead atoms. The van der Waals surface area contributed by atoms with E-state index in [1.54, 1.807) is 0 Å². The molecule has 0 atom stereocenters. The molecule has 0 fully saturated rings. The van der Waals surface area contributed by atoms with E-state index < -0.39 is 19.9 Å². The fourth-order valence-corrected chi connectivity index (χ4v) is 3.27. The molecule has 0 aliphatic heterocycles. The van der Waals surface area contributed by atoms with Crippen LogP contribution in [0.25, 0.3) is 0 Å². The first-order chi connectivity index (χ1) is 8.63. The van der Waals surface area contributed by atoms with Crippen molar-refractivity contribution in [2.45, 2.75) is 30.1 Å². The van der Waals surface area contributed by atoms with Crippen LogP contribution in [0, 0.1) is 5.92 Å². The molecule has 5 nitrogen and oxygen atoms in total. The van der Waals surface area contributed by atoms with Crippen LogP contribution in [0.15, 0.2) is 34.1 Å². The molecule has 1 N–H and O–H groups in total. The zero-order valence-corrected chi connectivity index (χ0v) is 12.9. The summed E-state index contributed by atoms with van der Waals surface area (Å²) in [5.74, 6) is 0.394. The van der Waals surface area contributed by atoms with Crippen molar-refractivity contribution >= 4 is 19.9 Å². The van der Waals surface area contributed by atoms with Gasteiger partial charge in [-0.2, -0.15) is 0 Å². The first-order valence-electron chi connectivity index (χ1n) is 5.93. The van der Waals surface area contributed by atoms with Crippen LogP contribution < -0.4 is 4.72 Å². The van der Waals surface area contributed by atoms with Gasteiger partial charge in [0, 0.05) is 12.8 Å². The van der Waals surface area contributed by atoms with Gasteiger partial charge in [0.2, 0.25) is 10.0 Å². The fourth-order valence-electron chi connectivity index (χ4n) is 1.44. The summed E-state index contributed by atoms with van der Waals surface area (Å²) in [5, 5.41) is 0. The SMILES string of the molecule is CC(C)CCNS(=O)(=O)c1cccc(S(C)(=O)=O)c1. The number of rotatable bonds is 6. The maximum Gasteiger partial charge on any atom is 0.240 e. The summed E-state index contributed by atoms with van der Waals surface area (Å²) in [6.07, 6.45) is 1.77. The first kappa shape index (κ1) is 16.1. The molecule has 0 aliphatic carbocycles. The Morgan fingerprint density at radius 3 is 2.21 bits per heavy atom. The third-order valence-corrected chi connectivity index (χ3v) is 5.13. The van der Waals surface area contributed by atoms with Crippen LogP contribution in [0.3, 0.4) is 0 Å². The quantitative estimate of drug-likeness (QED) is 0.862. The maximum atomic E-state index is 12.0. The normalized spacial score (nSPS) is 12.8. The molecule has 108 valence electrons. The minimum Gasteiger partial charge on any atom is -0.224 e. The Hall–Kier alpha value is -0.920. The van der Waals surface area contributed by atoms with Gasteiger partial charge < -0.3 is 0 Å². The standard InChI is InChI=1S/C12H19NO4S2/c1-10(2)7-8-13-19(16,17)12-6-4-5-11(9-12)18(3,14)15/h4-6,9-10,13H,7-8H2,1-3H3. The van der Waals surface area contributed by atoms with E-state index in [2.05, 4.69) is 4.72 Å². The van der Waals surface area contributed by atoms with Crippen molar-refractivity contribution in [3.05, 3.63) is 24.3 Å². The molecule has 0 aromatic heterocycles. The van der Waals surface area contributed by atoms with Crippen LogP contribution in [0.4, 0.5) is 0 Å². The molecule has 0 heterocycles. The second kappa shape index (κ2) is 6.02. The summed E-state index contributed by atoms with van der Waals surface area (Å²) in [6.45, 7) is 4.33. The van der Waals surface area contributed by atoms with E-state index in [0.717, 1.165) is 12.7 Å². The van der Waals surface area contributed by atoms with Crippen molar-refractivity contribution < 1.29 is 16.8 Å². The van der Waals surface area contributed by atoms with Gasteiger partial charge in [0.15, 0.2) is 9.84 Å². The molecule has 0 saturated carbocycles. The third kappa shape index (κ3) is 4.93. The third-order valence-electron chi connectivity index (χ3n) is 2.56. The fraction of sp³-hybridized carbons (Fsp3) is 0.500. The number of hydrogen-bond donors (Lipinski definition) is 1. The van der Waals surface area contributed by atoms with E-state index in [1.165, 1.54) is 24.3 Å². The van der Waals surface area contributed by atoms with Gasteiger partial charge in [-0.3, -0.25) is 0 Å². The molecule has 0 aliphatic rings. The molecule has 1 aromatic carbocycles. The summed E-state index contributed by atoms with van der Waals surface area (Å²) in [4.78, 5) is -0.0292.